The molecule has 4 aromatic rings. The molecule has 0 saturated carbocycles. The molecule has 7 heteroatoms. The molecule has 3 aromatic carbocycles. The van der Waals surface area contributed by atoms with Gasteiger partial charge in [-0.2, -0.15) is 5.10 Å². The fraction of sp³-hybridized carbons (Fsp3) is 0.120. The van der Waals surface area contributed by atoms with Crippen LogP contribution in [0.2, 0.25) is 0 Å². The van der Waals surface area contributed by atoms with Gasteiger partial charge in [0.15, 0.2) is 11.6 Å². The summed E-state index contributed by atoms with van der Waals surface area (Å²) in [6.07, 6.45) is -1.08. The Morgan fingerprint density at radius 2 is 1.59 bits per heavy atom. The zero-order valence-corrected chi connectivity index (χ0v) is 17.6. The number of carbonyl (C=O) groups excluding carboxylic acids is 3. The maximum absolute atomic E-state index is 12.9. The predicted molar refractivity (Wildman–Crippen MR) is 121 cm³/mol. The van der Waals surface area contributed by atoms with Gasteiger partial charge in [0.05, 0.1) is 5.52 Å². The molecule has 32 heavy (non-hydrogen) atoms. The highest BCUT2D eigenvalue weighted by molar-refractivity contribution is 6.03. The van der Waals surface area contributed by atoms with Crippen LogP contribution in [0.1, 0.15) is 35.9 Å². The number of esters is 1. The zero-order valence-electron chi connectivity index (χ0n) is 17.6. The smallest absolute Gasteiger partial charge is 0.303 e. The third-order valence-corrected chi connectivity index (χ3v) is 5.05. The second kappa shape index (κ2) is 8.85. The molecule has 7 nitrogen and oxygen atoms in total. The summed E-state index contributed by atoms with van der Waals surface area (Å²) in [6, 6.07) is 21.8. The lowest BCUT2D eigenvalue weighted by atomic mass is 10.0. The van der Waals surface area contributed by atoms with Crippen molar-refractivity contribution in [3.63, 3.8) is 0 Å². The van der Waals surface area contributed by atoms with Crippen molar-refractivity contribution in [3.8, 4) is 11.1 Å². The van der Waals surface area contributed by atoms with Gasteiger partial charge in [-0.25, -0.2) is 0 Å². The minimum Gasteiger partial charge on any atom is -0.447 e. The van der Waals surface area contributed by atoms with E-state index in [1.165, 1.54) is 13.8 Å². The SMILES string of the molecule is CC(=O)OC(C(=O)Nc1n[nH]c2cc(-c3ccc(C(C)=O)cc3)ccc12)c1ccccc1. The quantitative estimate of drug-likeness (QED) is 0.344. The Balaban J connectivity index is 1.59. The van der Waals surface area contributed by atoms with Crippen molar-refractivity contribution in [2.75, 3.05) is 5.32 Å². The zero-order chi connectivity index (χ0) is 22.7. The Morgan fingerprint density at radius 3 is 2.25 bits per heavy atom. The molecule has 0 aliphatic heterocycles. The van der Waals surface area contributed by atoms with Crippen LogP contribution >= 0.6 is 0 Å². The fourth-order valence-electron chi connectivity index (χ4n) is 3.44. The number of hydrogen-bond donors (Lipinski definition) is 2. The normalized spacial score (nSPS) is 11.7. The van der Waals surface area contributed by atoms with E-state index < -0.39 is 18.0 Å². The number of nitrogens with zero attached hydrogens (tertiary/aromatic N) is 1. The molecule has 0 spiro atoms. The third kappa shape index (κ3) is 4.41. The summed E-state index contributed by atoms with van der Waals surface area (Å²) in [5.74, 6) is -0.690. The first-order chi connectivity index (χ1) is 15.4. The maximum atomic E-state index is 12.9. The number of ketones is 1. The van der Waals surface area contributed by atoms with Gasteiger partial charge in [-0.05, 0) is 30.2 Å². The van der Waals surface area contributed by atoms with Gasteiger partial charge in [-0.1, -0.05) is 60.7 Å². The van der Waals surface area contributed by atoms with Crippen LogP contribution in [-0.4, -0.2) is 27.9 Å². The lowest BCUT2D eigenvalue weighted by Gasteiger charge is -2.16. The number of benzene rings is 3. The third-order valence-electron chi connectivity index (χ3n) is 5.05. The number of amides is 1. The van der Waals surface area contributed by atoms with Gasteiger partial charge in [0, 0.05) is 23.4 Å². The van der Waals surface area contributed by atoms with Gasteiger partial charge in [0.1, 0.15) is 0 Å². The molecule has 1 atom stereocenters. The summed E-state index contributed by atoms with van der Waals surface area (Å²) in [5.41, 5.74) is 3.85. The molecular weight excluding hydrogens is 406 g/mol. The number of ether oxygens (including phenoxy) is 1. The van der Waals surface area contributed by atoms with Crippen LogP contribution < -0.4 is 5.32 Å². The summed E-state index contributed by atoms with van der Waals surface area (Å²) in [7, 11) is 0. The topological polar surface area (TPSA) is 101 Å². The van der Waals surface area contributed by atoms with Gasteiger partial charge in [-0.15, -0.1) is 0 Å². The lowest BCUT2D eigenvalue weighted by molar-refractivity contribution is -0.152. The molecule has 0 aliphatic carbocycles. The molecule has 1 heterocycles. The summed E-state index contributed by atoms with van der Waals surface area (Å²) >= 11 is 0. The lowest BCUT2D eigenvalue weighted by Crippen LogP contribution is -2.25. The van der Waals surface area contributed by atoms with Gasteiger partial charge >= 0.3 is 5.97 Å². The number of aromatic amines is 1. The second-order valence-electron chi connectivity index (χ2n) is 7.36. The first-order valence-corrected chi connectivity index (χ1v) is 10.0. The van der Waals surface area contributed by atoms with Gasteiger partial charge in [-0.3, -0.25) is 19.5 Å². The van der Waals surface area contributed by atoms with E-state index in [-0.39, 0.29) is 5.78 Å². The summed E-state index contributed by atoms with van der Waals surface area (Å²) in [5, 5.41) is 10.6. The molecule has 0 saturated heterocycles. The highest BCUT2D eigenvalue weighted by atomic mass is 16.5. The number of aromatic nitrogens is 2. The molecule has 0 radical (unpaired) electrons. The maximum Gasteiger partial charge on any atom is 0.303 e. The molecule has 4 rings (SSSR count). The van der Waals surface area contributed by atoms with Crippen LogP contribution in [0.4, 0.5) is 5.82 Å². The van der Waals surface area contributed by atoms with E-state index in [0.717, 1.165) is 22.0 Å². The fourth-order valence-corrected chi connectivity index (χ4v) is 3.44. The molecule has 1 unspecified atom stereocenters. The predicted octanol–water partition coefficient (Wildman–Crippen LogP) is 4.68. The van der Waals surface area contributed by atoms with Crippen LogP contribution in [0.5, 0.6) is 0 Å². The van der Waals surface area contributed by atoms with Crippen LogP contribution in [0, 0.1) is 0 Å². The standard InChI is InChI=1S/C25H21N3O4/c1-15(29)17-8-10-18(11-9-17)20-12-13-21-22(14-20)27-28-24(21)26-25(31)23(32-16(2)30)19-6-4-3-5-7-19/h3-14,23H,1-2H3,(H2,26,27,28,31). The van der Waals surface area contributed by atoms with Crippen molar-refractivity contribution in [2.24, 2.45) is 0 Å². The molecular formula is C25H21N3O4. The van der Waals surface area contributed by atoms with E-state index in [1.54, 1.807) is 36.4 Å². The van der Waals surface area contributed by atoms with Gasteiger partial charge in [0.25, 0.3) is 5.91 Å². The number of H-pyrrole nitrogens is 1. The molecule has 0 bridgehead atoms. The Morgan fingerprint density at radius 1 is 0.906 bits per heavy atom. The minimum absolute atomic E-state index is 0.0171. The minimum atomic E-state index is -1.08. The summed E-state index contributed by atoms with van der Waals surface area (Å²) in [6.45, 7) is 2.79. The summed E-state index contributed by atoms with van der Waals surface area (Å²) < 4.78 is 5.25. The van der Waals surface area contributed by atoms with E-state index in [4.69, 9.17) is 4.74 Å². The Kier molecular flexibility index (Phi) is 5.81. The first-order valence-electron chi connectivity index (χ1n) is 10.0. The van der Waals surface area contributed by atoms with Crippen molar-refractivity contribution in [2.45, 2.75) is 20.0 Å². The molecule has 160 valence electrons. The van der Waals surface area contributed by atoms with Gasteiger partial charge in [0.2, 0.25) is 6.10 Å². The molecule has 0 fully saturated rings. The molecule has 2 N–H and O–H groups in total. The average molecular weight is 427 g/mol. The first kappa shape index (κ1) is 21.0. The van der Waals surface area contributed by atoms with Crippen LogP contribution in [0.25, 0.3) is 22.0 Å². The van der Waals surface area contributed by atoms with Gasteiger partial charge < -0.3 is 10.1 Å². The summed E-state index contributed by atoms with van der Waals surface area (Å²) in [4.78, 5) is 35.9. The largest absolute Gasteiger partial charge is 0.447 e. The van der Waals surface area contributed by atoms with Crippen molar-refractivity contribution < 1.29 is 19.1 Å². The van der Waals surface area contributed by atoms with Crippen molar-refractivity contribution in [1.82, 2.24) is 10.2 Å². The van der Waals surface area contributed by atoms with Crippen molar-refractivity contribution in [3.05, 3.63) is 83.9 Å². The number of carbonyl (C=O) groups is 3. The number of rotatable bonds is 6. The van der Waals surface area contributed by atoms with E-state index in [1.807, 2.05) is 36.4 Å². The Hall–Kier alpha value is -4.26. The Bertz CT molecular complexity index is 1290. The second-order valence-corrected chi connectivity index (χ2v) is 7.36. The number of hydrogen-bond acceptors (Lipinski definition) is 5. The van der Waals surface area contributed by atoms with E-state index in [0.29, 0.717) is 16.9 Å². The Labute approximate surface area is 184 Å². The monoisotopic (exact) mass is 427 g/mol. The van der Waals surface area contributed by atoms with E-state index in [9.17, 15) is 14.4 Å². The van der Waals surface area contributed by atoms with E-state index in [2.05, 4.69) is 15.5 Å². The van der Waals surface area contributed by atoms with Crippen LogP contribution in [0.15, 0.2) is 72.8 Å². The highest BCUT2D eigenvalue weighted by Crippen LogP contribution is 2.28. The van der Waals surface area contributed by atoms with Crippen LogP contribution in [0.3, 0.4) is 0 Å². The van der Waals surface area contributed by atoms with Crippen molar-refractivity contribution >= 4 is 34.4 Å². The van der Waals surface area contributed by atoms with E-state index >= 15 is 0 Å². The number of fused-ring (bicyclic) bond motifs is 1. The molecule has 1 amide bonds. The highest BCUT2D eigenvalue weighted by Gasteiger charge is 2.25. The number of Topliss-reactive ketones (excluding diaryl/α,β-unsaturated/α-hetero) is 1. The number of anilines is 1. The number of nitrogens with one attached hydrogen (secondary N) is 2. The molecule has 1 aromatic heterocycles. The van der Waals surface area contributed by atoms with Crippen molar-refractivity contribution in [1.29, 1.82) is 0 Å². The van der Waals surface area contributed by atoms with Crippen LogP contribution in [-0.2, 0) is 14.3 Å². The molecule has 0 aliphatic rings. The average Bonchev–Trinajstić information content (AvgIpc) is 3.19.